The maximum Gasteiger partial charge on any atom is 0.328 e. The molecule has 2 heterocycles. The van der Waals surface area contributed by atoms with Gasteiger partial charge in [-0.05, 0) is 18.0 Å². The molecule has 1 saturated heterocycles. The monoisotopic (exact) mass is 271 g/mol. The van der Waals surface area contributed by atoms with E-state index in [-0.39, 0.29) is 19.1 Å². The molecule has 1 aliphatic heterocycles. The summed E-state index contributed by atoms with van der Waals surface area (Å²) in [6.45, 7) is 2.52. The number of hydrogen-bond donors (Lipinski definition) is 1. The number of nitrogens with zero attached hydrogens (tertiary/aromatic N) is 3. The van der Waals surface area contributed by atoms with Crippen molar-refractivity contribution in [1.82, 2.24) is 14.5 Å². The van der Waals surface area contributed by atoms with Crippen LogP contribution < -0.4 is 0 Å². The molecule has 8 heteroatoms. The molecule has 1 fully saturated rings. The Morgan fingerprint density at radius 1 is 1.61 bits per heavy atom. The van der Waals surface area contributed by atoms with Crippen LogP contribution in [0, 0.1) is 0 Å². The van der Waals surface area contributed by atoms with Crippen LogP contribution in [0.5, 0.6) is 0 Å². The molecule has 0 unspecified atom stereocenters. The highest BCUT2D eigenvalue weighted by atomic mass is 32.1. The van der Waals surface area contributed by atoms with Crippen LogP contribution >= 0.6 is 11.5 Å². The summed E-state index contributed by atoms with van der Waals surface area (Å²) in [6, 6.07) is -0.932. The molecule has 1 aliphatic rings. The zero-order valence-electron chi connectivity index (χ0n) is 9.83. The van der Waals surface area contributed by atoms with Crippen molar-refractivity contribution in [1.29, 1.82) is 0 Å². The summed E-state index contributed by atoms with van der Waals surface area (Å²) in [5.74, 6) is -1.38. The predicted octanol–water partition coefficient (Wildman–Crippen LogP) is 0.0261. The van der Waals surface area contributed by atoms with E-state index in [1.807, 2.05) is 6.92 Å². The van der Waals surface area contributed by atoms with E-state index in [2.05, 4.69) is 9.59 Å². The van der Waals surface area contributed by atoms with Gasteiger partial charge < -0.3 is 14.7 Å². The molecule has 0 saturated carbocycles. The molecule has 1 amide bonds. The largest absolute Gasteiger partial charge is 0.480 e. The first-order valence-corrected chi connectivity index (χ1v) is 6.35. The quantitative estimate of drug-likeness (QED) is 0.833. The van der Waals surface area contributed by atoms with Crippen molar-refractivity contribution < 1.29 is 19.4 Å². The molecule has 0 radical (unpaired) electrons. The minimum atomic E-state index is -1.06. The van der Waals surface area contributed by atoms with Crippen molar-refractivity contribution in [2.24, 2.45) is 0 Å². The fourth-order valence-corrected chi connectivity index (χ4v) is 2.49. The molecule has 1 aromatic rings. The molecule has 7 nitrogen and oxygen atoms in total. The Kier molecular flexibility index (Phi) is 3.87. The first-order chi connectivity index (χ1) is 8.65. The average Bonchev–Trinajstić information content (AvgIpc) is 2.86. The van der Waals surface area contributed by atoms with Gasteiger partial charge in [-0.2, -0.15) is 0 Å². The predicted molar refractivity (Wildman–Crippen MR) is 62.6 cm³/mol. The van der Waals surface area contributed by atoms with Gasteiger partial charge in [-0.3, -0.25) is 4.79 Å². The van der Waals surface area contributed by atoms with Crippen molar-refractivity contribution in [3.8, 4) is 0 Å². The van der Waals surface area contributed by atoms with Gasteiger partial charge in [0.15, 0.2) is 6.04 Å². The van der Waals surface area contributed by atoms with Gasteiger partial charge in [0.05, 0.1) is 18.9 Å². The average molecular weight is 271 g/mol. The van der Waals surface area contributed by atoms with Crippen LogP contribution in [-0.2, 0) is 16.0 Å². The number of aryl methyl sites for hydroxylation is 1. The van der Waals surface area contributed by atoms with Crippen LogP contribution in [0.3, 0.4) is 0 Å². The molecule has 0 aliphatic carbocycles. The summed E-state index contributed by atoms with van der Waals surface area (Å²) in [7, 11) is 0. The standard InChI is InChI=1S/C10H13N3O4S/c1-2-6-8(18-12-11-6)9(14)13-3-4-17-5-7(13)10(15)16/h7H,2-5H2,1H3,(H,15,16)/t7-/m1/s1. The number of aliphatic carboxylic acids is 1. The Morgan fingerprint density at radius 3 is 3.06 bits per heavy atom. The highest BCUT2D eigenvalue weighted by Gasteiger charge is 2.34. The zero-order valence-corrected chi connectivity index (χ0v) is 10.6. The minimum Gasteiger partial charge on any atom is -0.480 e. The molecule has 0 aromatic carbocycles. The number of carboxylic acid groups (broad SMARTS) is 1. The van der Waals surface area contributed by atoms with Crippen LogP contribution in [0.2, 0.25) is 0 Å². The number of morpholine rings is 1. The number of carboxylic acids is 1. The number of amides is 1. The van der Waals surface area contributed by atoms with E-state index in [0.717, 1.165) is 11.5 Å². The first-order valence-electron chi connectivity index (χ1n) is 5.58. The molecular formula is C10H13N3O4S. The summed E-state index contributed by atoms with van der Waals surface area (Å²) >= 11 is 1.00. The van der Waals surface area contributed by atoms with Gasteiger partial charge in [0, 0.05) is 6.54 Å². The van der Waals surface area contributed by atoms with Crippen molar-refractivity contribution >= 4 is 23.4 Å². The Labute approximate surface area is 108 Å². The number of rotatable bonds is 3. The fraction of sp³-hybridized carbons (Fsp3) is 0.600. The van der Waals surface area contributed by atoms with Crippen LogP contribution in [0.1, 0.15) is 22.3 Å². The Hall–Kier alpha value is -1.54. The number of hydrogen-bond acceptors (Lipinski definition) is 6. The van der Waals surface area contributed by atoms with Gasteiger partial charge in [-0.25, -0.2) is 4.79 Å². The lowest BCUT2D eigenvalue weighted by atomic mass is 10.2. The van der Waals surface area contributed by atoms with E-state index in [4.69, 9.17) is 9.84 Å². The second-order valence-electron chi connectivity index (χ2n) is 3.83. The van der Waals surface area contributed by atoms with Gasteiger partial charge >= 0.3 is 5.97 Å². The minimum absolute atomic E-state index is 0.0226. The Balaban J connectivity index is 2.23. The zero-order chi connectivity index (χ0) is 13.1. The van der Waals surface area contributed by atoms with Crippen LogP contribution in [0.4, 0.5) is 0 Å². The molecule has 98 valence electrons. The highest BCUT2D eigenvalue weighted by Crippen LogP contribution is 2.18. The lowest BCUT2D eigenvalue weighted by Crippen LogP contribution is -2.52. The van der Waals surface area contributed by atoms with Gasteiger partial charge in [0.2, 0.25) is 0 Å². The summed E-state index contributed by atoms with van der Waals surface area (Å²) < 4.78 is 8.84. The number of carbonyl (C=O) groups is 2. The third-order valence-electron chi connectivity index (χ3n) is 2.76. The Bertz CT molecular complexity index is 462. The second-order valence-corrected chi connectivity index (χ2v) is 4.58. The van der Waals surface area contributed by atoms with Gasteiger partial charge in [0.25, 0.3) is 5.91 Å². The lowest BCUT2D eigenvalue weighted by Gasteiger charge is -2.32. The van der Waals surface area contributed by atoms with E-state index in [0.29, 0.717) is 23.6 Å². The van der Waals surface area contributed by atoms with Crippen molar-refractivity contribution in [2.45, 2.75) is 19.4 Å². The number of aromatic nitrogens is 2. The van der Waals surface area contributed by atoms with E-state index in [1.54, 1.807) is 0 Å². The highest BCUT2D eigenvalue weighted by molar-refractivity contribution is 7.08. The van der Waals surface area contributed by atoms with Crippen LogP contribution in [0.25, 0.3) is 0 Å². The van der Waals surface area contributed by atoms with E-state index < -0.39 is 12.0 Å². The lowest BCUT2D eigenvalue weighted by molar-refractivity contribution is -0.147. The van der Waals surface area contributed by atoms with Gasteiger partial charge in [-0.1, -0.05) is 11.4 Å². The Morgan fingerprint density at radius 2 is 2.39 bits per heavy atom. The van der Waals surface area contributed by atoms with Gasteiger partial charge in [-0.15, -0.1) is 5.10 Å². The van der Waals surface area contributed by atoms with Crippen LogP contribution in [0.15, 0.2) is 0 Å². The molecular weight excluding hydrogens is 258 g/mol. The summed E-state index contributed by atoms with van der Waals surface area (Å²) in [6.07, 6.45) is 0.597. The van der Waals surface area contributed by atoms with Crippen LogP contribution in [-0.4, -0.2) is 57.3 Å². The first kappa shape index (κ1) is 12.9. The summed E-state index contributed by atoms with van der Waals surface area (Å²) in [5, 5.41) is 12.9. The van der Waals surface area contributed by atoms with Gasteiger partial charge in [0.1, 0.15) is 4.88 Å². The molecule has 0 spiro atoms. The molecule has 2 rings (SSSR count). The molecule has 18 heavy (non-hydrogen) atoms. The molecule has 0 bridgehead atoms. The van der Waals surface area contributed by atoms with Crippen molar-refractivity contribution in [2.75, 3.05) is 19.8 Å². The number of carbonyl (C=O) groups excluding carboxylic acids is 1. The normalized spacial score (nSPS) is 19.8. The maximum absolute atomic E-state index is 12.3. The number of ether oxygens (including phenoxy) is 1. The smallest absolute Gasteiger partial charge is 0.328 e. The maximum atomic E-state index is 12.3. The second kappa shape index (κ2) is 5.40. The third kappa shape index (κ3) is 2.34. The fourth-order valence-electron chi connectivity index (χ4n) is 1.78. The molecule has 1 N–H and O–H groups in total. The summed E-state index contributed by atoms with van der Waals surface area (Å²) in [5.41, 5.74) is 0.612. The SMILES string of the molecule is CCc1nnsc1C(=O)N1CCOC[C@@H]1C(=O)O. The third-order valence-corrected chi connectivity index (χ3v) is 3.52. The molecule has 1 atom stereocenters. The van der Waals surface area contributed by atoms with Crippen molar-refractivity contribution in [3.63, 3.8) is 0 Å². The molecule has 1 aromatic heterocycles. The van der Waals surface area contributed by atoms with E-state index >= 15 is 0 Å². The van der Waals surface area contributed by atoms with E-state index in [9.17, 15) is 9.59 Å². The summed E-state index contributed by atoms with van der Waals surface area (Å²) in [4.78, 5) is 25.1. The van der Waals surface area contributed by atoms with E-state index in [1.165, 1.54) is 4.90 Å². The van der Waals surface area contributed by atoms with Crippen molar-refractivity contribution in [3.05, 3.63) is 10.6 Å². The topological polar surface area (TPSA) is 92.6 Å².